The Morgan fingerprint density at radius 2 is 2.05 bits per heavy atom. The van der Waals surface area contributed by atoms with Crippen molar-refractivity contribution in [1.82, 2.24) is 0 Å². The molecule has 2 rings (SSSR count). The van der Waals surface area contributed by atoms with Crippen molar-refractivity contribution in [2.45, 2.75) is 13.3 Å². The molecule has 1 aromatic rings. The van der Waals surface area contributed by atoms with Gasteiger partial charge in [0, 0.05) is 25.2 Å². The minimum atomic E-state index is -1.05. The maximum absolute atomic E-state index is 11.4. The molecule has 6 heteroatoms. The largest absolute Gasteiger partial charge is 0.478 e. The van der Waals surface area contributed by atoms with Crippen molar-refractivity contribution in [3.05, 3.63) is 23.8 Å². The van der Waals surface area contributed by atoms with Gasteiger partial charge >= 0.3 is 5.97 Å². The van der Waals surface area contributed by atoms with Gasteiger partial charge in [-0.1, -0.05) is 6.92 Å². The molecule has 1 aromatic carbocycles. The molecule has 0 aliphatic carbocycles. The van der Waals surface area contributed by atoms with Crippen LogP contribution in [0.15, 0.2) is 18.2 Å². The highest BCUT2D eigenvalue weighted by Crippen LogP contribution is 2.24. The summed E-state index contributed by atoms with van der Waals surface area (Å²) in [5.74, 6) is -1.25. The van der Waals surface area contributed by atoms with Crippen LogP contribution in [-0.2, 0) is 9.53 Å². The van der Waals surface area contributed by atoms with Crippen molar-refractivity contribution in [2.24, 2.45) is 0 Å². The standard InChI is InChI=1S/C14H18N2O4/c1-2-13(17)15-12-4-3-10(9-11(12)14(18)19)16-5-7-20-8-6-16/h3-4,9H,2,5-8H2,1H3,(H,15,17)(H,18,19). The summed E-state index contributed by atoms with van der Waals surface area (Å²) in [6.45, 7) is 4.46. The second-order valence-corrected chi connectivity index (χ2v) is 4.54. The normalized spacial score (nSPS) is 14.9. The summed E-state index contributed by atoms with van der Waals surface area (Å²) in [5, 5.41) is 11.9. The number of ether oxygens (including phenoxy) is 1. The van der Waals surface area contributed by atoms with Crippen LogP contribution in [0.5, 0.6) is 0 Å². The van der Waals surface area contributed by atoms with Crippen LogP contribution in [0.4, 0.5) is 11.4 Å². The number of hydrogen-bond acceptors (Lipinski definition) is 4. The highest BCUT2D eigenvalue weighted by molar-refractivity contribution is 6.01. The third-order valence-electron chi connectivity index (χ3n) is 3.20. The van der Waals surface area contributed by atoms with Crippen molar-refractivity contribution in [2.75, 3.05) is 36.5 Å². The zero-order valence-electron chi connectivity index (χ0n) is 11.4. The highest BCUT2D eigenvalue weighted by Gasteiger charge is 2.17. The number of amides is 1. The van der Waals surface area contributed by atoms with E-state index in [1.165, 1.54) is 0 Å². The fraction of sp³-hybridized carbons (Fsp3) is 0.429. The first-order valence-corrected chi connectivity index (χ1v) is 6.61. The van der Waals surface area contributed by atoms with Gasteiger partial charge in [0.25, 0.3) is 0 Å². The topological polar surface area (TPSA) is 78.9 Å². The van der Waals surface area contributed by atoms with E-state index in [1.54, 1.807) is 19.1 Å². The van der Waals surface area contributed by atoms with E-state index in [9.17, 15) is 14.7 Å². The zero-order chi connectivity index (χ0) is 14.5. The first-order chi connectivity index (χ1) is 9.61. The molecule has 6 nitrogen and oxygen atoms in total. The van der Waals surface area contributed by atoms with E-state index < -0.39 is 5.97 Å². The predicted octanol–water partition coefficient (Wildman–Crippen LogP) is 1.57. The van der Waals surface area contributed by atoms with Gasteiger partial charge in [-0.15, -0.1) is 0 Å². The number of carbonyl (C=O) groups excluding carboxylic acids is 1. The molecule has 1 amide bonds. The number of aromatic carboxylic acids is 1. The first kappa shape index (κ1) is 14.3. The van der Waals surface area contributed by atoms with E-state index in [4.69, 9.17) is 4.74 Å². The molecule has 0 aromatic heterocycles. The maximum atomic E-state index is 11.4. The van der Waals surface area contributed by atoms with Gasteiger partial charge in [0.2, 0.25) is 5.91 Å². The van der Waals surface area contributed by atoms with Gasteiger partial charge in [0.1, 0.15) is 0 Å². The summed E-state index contributed by atoms with van der Waals surface area (Å²) in [5.41, 5.74) is 1.28. The lowest BCUT2D eigenvalue weighted by Gasteiger charge is -2.29. The van der Waals surface area contributed by atoms with Crippen molar-refractivity contribution < 1.29 is 19.4 Å². The number of morpholine rings is 1. The molecule has 1 aliphatic rings. The van der Waals surface area contributed by atoms with Crippen molar-refractivity contribution >= 4 is 23.3 Å². The average molecular weight is 278 g/mol. The van der Waals surface area contributed by atoms with Gasteiger partial charge in [-0.25, -0.2) is 4.79 Å². The van der Waals surface area contributed by atoms with Crippen molar-refractivity contribution in [1.29, 1.82) is 0 Å². The van der Waals surface area contributed by atoms with E-state index in [0.29, 0.717) is 25.3 Å². The second-order valence-electron chi connectivity index (χ2n) is 4.54. The smallest absolute Gasteiger partial charge is 0.337 e. The van der Waals surface area contributed by atoms with Gasteiger partial charge in [-0.2, -0.15) is 0 Å². The number of rotatable bonds is 4. The summed E-state index contributed by atoms with van der Waals surface area (Å²) in [4.78, 5) is 24.8. The number of hydrogen-bond donors (Lipinski definition) is 2. The summed E-state index contributed by atoms with van der Waals surface area (Å²) < 4.78 is 5.27. The third kappa shape index (κ3) is 3.27. The molecule has 0 saturated carbocycles. The highest BCUT2D eigenvalue weighted by atomic mass is 16.5. The van der Waals surface area contributed by atoms with E-state index in [0.717, 1.165) is 18.8 Å². The lowest BCUT2D eigenvalue weighted by molar-refractivity contribution is -0.115. The lowest BCUT2D eigenvalue weighted by Crippen LogP contribution is -2.36. The summed E-state index contributed by atoms with van der Waals surface area (Å²) in [7, 11) is 0. The molecular weight excluding hydrogens is 260 g/mol. The fourth-order valence-corrected chi connectivity index (χ4v) is 2.08. The molecule has 1 fully saturated rings. The van der Waals surface area contributed by atoms with Crippen molar-refractivity contribution in [3.8, 4) is 0 Å². The quantitative estimate of drug-likeness (QED) is 0.874. The van der Waals surface area contributed by atoms with Crippen LogP contribution in [0.2, 0.25) is 0 Å². The Bertz CT molecular complexity index is 510. The van der Waals surface area contributed by atoms with E-state index >= 15 is 0 Å². The third-order valence-corrected chi connectivity index (χ3v) is 3.20. The number of benzene rings is 1. The fourth-order valence-electron chi connectivity index (χ4n) is 2.08. The van der Waals surface area contributed by atoms with Gasteiger partial charge in [0.15, 0.2) is 0 Å². The Morgan fingerprint density at radius 3 is 2.65 bits per heavy atom. The second kappa shape index (κ2) is 6.38. The van der Waals surface area contributed by atoms with Crippen LogP contribution in [0.1, 0.15) is 23.7 Å². The summed E-state index contributed by atoms with van der Waals surface area (Å²) in [6, 6.07) is 5.06. The minimum absolute atomic E-state index is 0.107. The molecule has 20 heavy (non-hydrogen) atoms. The molecule has 0 bridgehead atoms. The van der Waals surface area contributed by atoms with E-state index in [2.05, 4.69) is 10.2 Å². The molecule has 0 atom stereocenters. The van der Waals surface area contributed by atoms with Crippen LogP contribution in [0.25, 0.3) is 0 Å². The number of nitrogens with one attached hydrogen (secondary N) is 1. The van der Waals surface area contributed by atoms with E-state index in [-0.39, 0.29) is 11.5 Å². The summed E-state index contributed by atoms with van der Waals surface area (Å²) in [6.07, 6.45) is 0.310. The Kier molecular flexibility index (Phi) is 4.57. The molecular formula is C14H18N2O4. The number of carboxylic acids is 1. The molecule has 2 N–H and O–H groups in total. The molecule has 108 valence electrons. The van der Waals surface area contributed by atoms with Crippen LogP contribution in [0, 0.1) is 0 Å². The van der Waals surface area contributed by atoms with Crippen molar-refractivity contribution in [3.63, 3.8) is 0 Å². The molecule has 1 aliphatic heterocycles. The molecule has 1 heterocycles. The SMILES string of the molecule is CCC(=O)Nc1ccc(N2CCOCC2)cc1C(=O)O. The Balaban J connectivity index is 2.26. The van der Waals surface area contributed by atoms with E-state index in [1.807, 2.05) is 6.07 Å². The molecule has 0 unspecified atom stereocenters. The van der Waals surface area contributed by atoms with Gasteiger partial charge in [-0.3, -0.25) is 4.79 Å². The monoisotopic (exact) mass is 278 g/mol. The Hall–Kier alpha value is -2.08. The number of carboxylic acid groups (broad SMARTS) is 1. The number of anilines is 2. The van der Waals surface area contributed by atoms with Gasteiger partial charge in [0.05, 0.1) is 24.5 Å². The minimum Gasteiger partial charge on any atom is -0.478 e. The number of nitrogens with zero attached hydrogens (tertiary/aromatic N) is 1. The van der Waals surface area contributed by atoms with Crippen LogP contribution >= 0.6 is 0 Å². The Labute approximate surface area is 117 Å². The maximum Gasteiger partial charge on any atom is 0.337 e. The van der Waals surface area contributed by atoms with Gasteiger partial charge < -0.3 is 20.1 Å². The van der Waals surface area contributed by atoms with Crippen LogP contribution in [0.3, 0.4) is 0 Å². The molecule has 0 spiro atoms. The van der Waals surface area contributed by atoms with Crippen LogP contribution in [-0.4, -0.2) is 43.3 Å². The number of carbonyl (C=O) groups is 2. The first-order valence-electron chi connectivity index (χ1n) is 6.61. The molecule has 0 radical (unpaired) electrons. The van der Waals surface area contributed by atoms with Gasteiger partial charge in [-0.05, 0) is 18.2 Å². The summed E-state index contributed by atoms with van der Waals surface area (Å²) >= 11 is 0. The van der Waals surface area contributed by atoms with Crippen LogP contribution < -0.4 is 10.2 Å². The Morgan fingerprint density at radius 1 is 1.35 bits per heavy atom. The zero-order valence-corrected chi connectivity index (χ0v) is 11.4. The average Bonchev–Trinajstić information content (AvgIpc) is 2.48. The predicted molar refractivity (Wildman–Crippen MR) is 75.4 cm³/mol. The lowest BCUT2D eigenvalue weighted by atomic mass is 10.1. The molecule has 1 saturated heterocycles.